The molecule has 0 aliphatic rings. The summed E-state index contributed by atoms with van der Waals surface area (Å²) in [5.41, 5.74) is 0. The Hall–Kier alpha value is 0.413. The molecule has 0 amide bonds. The van der Waals surface area contributed by atoms with E-state index < -0.39 is 0 Å². The van der Waals surface area contributed by atoms with Crippen LogP contribution in [0.1, 0.15) is 0 Å². The van der Waals surface area contributed by atoms with E-state index in [1.54, 1.807) is 25.3 Å². The van der Waals surface area contributed by atoms with Crippen molar-refractivity contribution in [3.8, 4) is 5.75 Å². The molecule has 0 saturated heterocycles. The van der Waals surface area contributed by atoms with Crippen LogP contribution in [0.3, 0.4) is 0 Å². The van der Waals surface area contributed by atoms with Gasteiger partial charge in [0.05, 0.1) is 7.11 Å². The van der Waals surface area contributed by atoms with Crippen molar-refractivity contribution < 1.29 is 21.1 Å². The van der Waals surface area contributed by atoms with Gasteiger partial charge in [-0.05, 0) is 0 Å². The van der Waals surface area contributed by atoms with E-state index in [0.717, 1.165) is 0 Å². The Kier molecular flexibility index (Phi) is 7.35. The van der Waals surface area contributed by atoms with Gasteiger partial charge in [0.1, 0.15) is 0 Å². The van der Waals surface area contributed by atoms with Crippen LogP contribution in [0.15, 0.2) is 18.2 Å². The second-order valence-electron chi connectivity index (χ2n) is 1.58. The molecular weight excluding hydrogens is 281 g/mol. The van der Waals surface area contributed by atoms with Crippen LogP contribution < -0.4 is 4.74 Å². The maximum absolute atomic E-state index is 5.58. The fourth-order valence-corrected chi connectivity index (χ4v) is 0.636. The third-order valence-electron chi connectivity index (χ3n) is 0.966. The zero-order valence-corrected chi connectivity index (χ0v) is 11.4. The fourth-order valence-electron chi connectivity index (χ4n) is 0.519. The molecule has 4 heteroatoms. The van der Waals surface area contributed by atoms with Crippen LogP contribution in [0.5, 0.6) is 5.75 Å². The maximum atomic E-state index is 5.58. The van der Waals surface area contributed by atoms with Gasteiger partial charge < -0.3 is 4.74 Å². The summed E-state index contributed by atoms with van der Waals surface area (Å²) < 4.78 is 4.85. The van der Waals surface area contributed by atoms with Gasteiger partial charge >= 0.3 is 30.0 Å². The van der Waals surface area contributed by atoms with Gasteiger partial charge in [-0.3, -0.25) is 0 Å². The van der Waals surface area contributed by atoms with E-state index in [2.05, 4.69) is 19.7 Å². The van der Waals surface area contributed by atoms with Crippen LogP contribution in [-0.4, -0.2) is 7.11 Å². The molecule has 0 atom stereocenters. The van der Waals surface area contributed by atoms with Gasteiger partial charge in [0, 0.05) is 5.75 Å². The van der Waals surface area contributed by atoms with Gasteiger partial charge in [-0.15, -0.1) is 12.1 Å². The molecule has 0 unspecified atom stereocenters. The second kappa shape index (κ2) is 7.08. The van der Waals surface area contributed by atoms with Gasteiger partial charge in [-0.25, -0.2) is 0 Å². The predicted molar refractivity (Wildman–Crippen MR) is 45.8 cm³/mol. The van der Waals surface area contributed by atoms with Crippen molar-refractivity contribution in [2.45, 2.75) is 0 Å². The SMILES string of the molecule is COc1[c-]cc(Cl)cc1.[Zn+][Br]. The first-order valence-corrected chi connectivity index (χ1v) is 10.1. The van der Waals surface area contributed by atoms with Gasteiger partial charge in [-0.2, -0.15) is 23.7 Å². The van der Waals surface area contributed by atoms with Crippen LogP contribution >= 0.6 is 25.2 Å². The Balaban J connectivity index is 0.000000461. The normalized spacial score (nSPS) is 8.09. The van der Waals surface area contributed by atoms with Crippen molar-refractivity contribution in [1.82, 2.24) is 0 Å². The summed E-state index contributed by atoms with van der Waals surface area (Å²) in [5, 5.41) is 0.677. The minimum atomic E-state index is 0.677. The molecule has 1 rings (SSSR count). The topological polar surface area (TPSA) is 9.23 Å². The minimum absolute atomic E-state index is 0.677. The van der Waals surface area contributed by atoms with E-state index >= 15 is 0 Å². The Morgan fingerprint density at radius 2 is 2.18 bits per heavy atom. The number of methoxy groups -OCH3 is 1. The average molecular weight is 287 g/mol. The summed E-state index contributed by atoms with van der Waals surface area (Å²) in [7, 11) is 1.60. The van der Waals surface area contributed by atoms with E-state index in [4.69, 9.17) is 16.3 Å². The number of ether oxygens (including phenoxy) is 1. The van der Waals surface area contributed by atoms with Crippen molar-refractivity contribution in [2.75, 3.05) is 7.11 Å². The molecule has 0 aliphatic heterocycles. The zero-order valence-electron chi connectivity index (χ0n) is 6.10. The summed E-state index contributed by atoms with van der Waals surface area (Å²) in [4.78, 5) is 0. The van der Waals surface area contributed by atoms with Crippen LogP contribution in [0.4, 0.5) is 0 Å². The Morgan fingerprint density at radius 1 is 1.55 bits per heavy atom. The van der Waals surface area contributed by atoms with E-state index in [1.165, 1.54) is 16.3 Å². The number of halogens is 2. The molecule has 11 heavy (non-hydrogen) atoms. The third-order valence-corrected chi connectivity index (χ3v) is 1.20. The molecule has 0 saturated carbocycles. The van der Waals surface area contributed by atoms with Gasteiger partial charge in [-0.1, -0.05) is 5.02 Å². The number of rotatable bonds is 1. The van der Waals surface area contributed by atoms with Crippen LogP contribution in [-0.2, 0) is 16.3 Å². The Bertz CT molecular complexity index is 190. The quantitative estimate of drug-likeness (QED) is 0.570. The first-order chi connectivity index (χ1) is 5.33. The molecule has 0 heterocycles. The molecule has 0 aromatic heterocycles. The summed E-state index contributed by atoms with van der Waals surface area (Å²) in [6.45, 7) is 0. The van der Waals surface area contributed by atoms with Crippen molar-refractivity contribution in [2.24, 2.45) is 0 Å². The summed E-state index contributed by atoms with van der Waals surface area (Å²) in [6, 6.07) is 8.03. The molecule has 56 valence electrons. The summed E-state index contributed by atoms with van der Waals surface area (Å²) >= 11 is 9.83. The number of hydrogen-bond donors (Lipinski definition) is 0. The number of hydrogen-bond acceptors (Lipinski definition) is 1. The second-order valence-corrected chi connectivity index (χ2v) is 2.01. The molecule has 0 aliphatic carbocycles. The standard InChI is InChI=1S/C7H6ClO.BrH.Zn/c1-9-7-4-2-6(8)3-5-7;;/h2-4H,1H3;1H;/q-1;;+2/p-1. The van der Waals surface area contributed by atoms with Gasteiger partial charge in [0.25, 0.3) is 0 Å². The molecule has 0 radical (unpaired) electrons. The fraction of sp³-hybridized carbons (Fsp3) is 0.143. The van der Waals surface area contributed by atoms with Crippen LogP contribution in [0, 0.1) is 6.07 Å². The Labute approximate surface area is 88.1 Å². The van der Waals surface area contributed by atoms with Crippen molar-refractivity contribution >= 4 is 25.2 Å². The van der Waals surface area contributed by atoms with E-state index in [-0.39, 0.29) is 0 Å². The molecule has 1 aromatic carbocycles. The summed E-state index contributed by atoms with van der Waals surface area (Å²) in [6.07, 6.45) is 0. The monoisotopic (exact) mass is 284 g/mol. The van der Waals surface area contributed by atoms with Crippen molar-refractivity contribution in [3.63, 3.8) is 0 Å². The first-order valence-electron chi connectivity index (χ1n) is 2.81. The summed E-state index contributed by atoms with van der Waals surface area (Å²) in [5.74, 6) is 0.708. The third kappa shape index (κ3) is 4.78. The van der Waals surface area contributed by atoms with Gasteiger partial charge in [0.2, 0.25) is 0 Å². The van der Waals surface area contributed by atoms with E-state index in [9.17, 15) is 0 Å². The van der Waals surface area contributed by atoms with Crippen molar-refractivity contribution in [3.05, 3.63) is 29.3 Å². The predicted octanol–water partition coefficient (Wildman–Crippen LogP) is 2.99. The van der Waals surface area contributed by atoms with E-state index in [0.29, 0.717) is 10.8 Å². The average Bonchev–Trinajstić information content (AvgIpc) is 2.10. The molecule has 0 fully saturated rings. The molecule has 0 bridgehead atoms. The Morgan fingerprint density at radius 3 is 2.55 bits per heavy atom. The van der Waals surface area contributed by atoms with Crippen LogP contribution in [0.2, 0.25) is 5.02 Å². The zero-order chi connectivity index (χ0) is 8.69. The molecule has 0 spiro atoms. The van der Waals surface area contributed by atoms with Crippen molar-refractivity contribution in [1.29, 1.82) is 0 Å². The molecule has 0 N–H and O–H groups in total. The van der Waals surface area contributed by atoms with E-state index in [1.807, 2.05) is 0 Å². The molecule has 1 nitrogen and oxygen atoms in total. The van der Waals surface area contributed by atoms with Gasteiger partial charge in [0.15, 0.2) is 0 Å². The van der Waals surface area contributed by atoms with Crippen LogP contribution in [0.25, 0.3) is 0 Å². The molecular formula is C7H6BrClOZn. The molecule has 1 aromatic rings. The number of benzene rings is 1. The first kappa shape index (κ1) is 11.4.